The SMILES string of the molecule is Cc1c[nH]c2cc(OC(=O)[O-])ccc12.[Cs+]. The largest absolute Gasteiger partial charge is 1.00 e. The molecule has 2 rings (SSSR count). The molecule has 0 aliphatic heterocycles. The average molecular weight is 323 g/mol. The van der Waals surface area contributed by atoms with Crippen molar-refractivity contribution in [1.82, 2.24) is 4.98 Å². The number of aryl methyl sites for hydroxylation is 1. The minimum atomic E-state index is -1.55. The summed E-state index contributed by atoms with van der Waals surface area (Å²) >= 11 is 0. The van der Waals surface area contributed by atoms with Crippen molar-refractivity contribution in [3.63, 3.8) is 0 Å². The van der Waals surface area contributed by atoms with Crippen LogP contribution in [-0.4, -0.2) is 11.1 Å². The summed E-state index contributed by atoms with van der Waals surface area (Å²) in [5, 5.41) is 11.2. The van der Waals surface area contributed by atoms with Gasteiger partial charge in [-0.25, -0.2) is 0 Å². The second kappa shape index (κ2) is 5.42. The molecule has 1 aromatic carbocycles. The number of aromatic amines is 1. The molecule has 1 N–H and O–H groups in total. The van der Waals surface area contributed by atoms with E-state index < -0.39 is 6.16 Å². The van der Waals surface area contributed by atoms with E-state index in [1.807, 2.05) is 13.1 Å². The standard InChI is InChI=1S/C10H9NO3.Cs/c1-6-5-11-9-4-7(14-10(12)13)2-3-8(6)9;/h2-5,11H,1H3,(H,12,13);/q;+1/p-1. The quantitative estimate of drug-likeness (QED) is 0.498. The zero-order chi connectivity index (χ0) is 10.1. The number of hydrogen-bond acceptors (Lipinski definition) is 3. The predicted molar refractivity (Wildman–Crippen MR) is 49.1 cm³/mol. The number of carboxylic acid groups (broad SMARTS) is 1. The first-order chi connectivity index (χ1) is 6.66. The fourth-order valence-corrected chi connectivity index (χ4v) is 1.41. The van der Waals surface area contributed by atoms with E-state index in [1.165, 1.54) is 0 Å². The second-order valence-corrected chi connectivity index (χ2v) is 3.03. The van der Waals surface area contributed by atoms with Gasteiger partial charge in [-0.15, -0.1) is 0 Å². The van der Waals surface area contributed by atoms with Gasteiger partial charge in [0.15, 0.2) is 0 Å². The van der Waals surface area contributed by atoms with Crippen LogP contribution in [0, 0.1) is 6.92 Å². The molecule has 0 saturated carbocycles. The molecule has 72 valence electrons. The van der Waals surface area contributed by atoms with Gasteiger partial charge < -0.3 is 19.6 Å². The van der Waals surface area contributed by atoms with Gasteiger partial charge in [-0.3, -0.25) is 0 Å². The number of fused-ring (bicyclic) bond motifs is 1. The molecule has 1 aromatic heterocycles. The summed E-state index contributed by atoms with van der Waals surface area (Å²) in [4.78, 5) is 13.2. The molecule has 0 saturated heterocycles. The molecule has 0 amide bonds. The van der Waals surface area contributed by atoms with Crippen LogP contribution in [0.2, 0.25) is 0 Å². The van der Waals surface area contributed by atoms with E-state index in [2.05, 4.69) is 9.72 Å². The van der Waals surface area contributed by atoms with Crippen LogP contribution >= 0.6 is 0 Å². The van der Waals surface area contributed by atoms with Crippen molar-refractivity contribution in [2.24, 2.45) is 0 Å². The van der Waals surface area contributed by atoms with Crippen LogP contribution in [0.1, 0.15) is 5.56 Å². The van der Waals surface area contributed by atoms with Crippen LogP contribution in [0.4, 0.5) is 4.79 Å². The molecule has 0 spiro atoms. The van der Waals surface area contributed by atoms with Crippen molar-refractivity contribution < 1.29 is 83.5 Å². The van der Waals surface area contributed by atoms with Crippen molar-refractivity contribution >= 4 is 17.1 Å². The van der Waals surface area contributed by atoms with Gasteiger partial charge in [0.05, 0.1) is 5.75 Å². The molecule has 1 heterocycles. The van der Waals surface area contributed by atoms with E-state index in [0.29, 0.717) is 0 Å². The number of nitrogens with one attached hydrogen (secondary N) is 1. The van der Waals surface area contributed by atoms with E-state index in [0.717, 1.165) is 16.5 Å². The van der Waals surface area contributed by atoms with Gasteiger partial charge in [-0.05, 0) is 24.6 Å². The molecular weight excluding hydrogens is 315 g/mol. The molecule has 0 aliphatic rings. The number of rotatable bonds is 1. The fourth-order valence-electron chi connectivity index (χ4n) is 1.41. The second-order valence-electron chi connectivity index (χ2n) is 3.03. The summed E-state index contributed by atoms with van der Waals surface area (Å²) in [5.74, 6) is 0.263. The van der Waals surface area contributed by atoms with Gasteiger partial charge in [0, 0.05) is 17.1 Å². The van der Waals surface area contributed by atoms with Gasteiger partial charge in [-0.2, -0.15) is 0 Å². The van der Waals surface area contributed by atoms with Gasteiger partial charge in [-0.1, -0.05) is 6.07 Å². The Kier molecular flexibility index (Phi) is 4.75. The minimum absolute atomic E-state index is 0. The maximum absolute atomic E-state index is 10.2. The Hall–Kier alpha value is 0.0819. The normalized spacial score (nSPS) is 9.67. The molecule has 2 aromatic rings. The van der Waals surface area contributed by atoms with E-state index in [4.69, 9.17) is 0 Å². The Morgan fingerprint density at radius 3 is 2.87 bits per heavy atom. The Balaban J connectivity index is 0.00000112. The van der Waals surface area contributed by atoms with E-state index in [9.17, 15) is 9.90 Å². The molecule has 0 aliphatic carbocycles. The van der Waals surface area contributed by atoms with Crippen molar-refractivity contribution in [1.29, 1.82) is 0 Å². The predicted octanol–water partition coefficient (Wildman–Crippen LogP) is -1.80. The van der Waals surface area contributed by atoms with Gasteiger partial charge >= 0.3 is 68.9 Å². The summed E-state index contributed by atoms with van der Waals surface area (Å²) in [6.45, 7) is 1.97. The Morgan fingerprint density at radius 1 is 1.47 bits per heavy atom. The third-order valence-corrected chi connectivity index (χ3v) is 2.06. The molecule has 0 radical (unpaired) electrons. The molecule has 4 nitrogen and oxygen atoms in total. The van der Waals surface area contributed by atoms with Crippen LogP contribution in [0.3, 0.4) is 0 Å². The number of carbonyl (C=O) groups excluding carboxylic acids is 1. The van der Waals surface area contributed by atoms with Gasteiger partial charge in [0.2, 0.25) is 0 Å². The van der Waals surface area contributed by atoms with Gasteiger partial charge in [0.1, 0.15) is 0 Å². The Labute approximate surface area is 145 Å². The van der Waals surface area contributed by atoms with Gasteiger partial charge in [0.25, 0.3) is 6.16 Å². The number of benzene rings is 1. The van der Waals surface area contributed by atoms with Crippen LogP contribution in [0.15, 0.2) is 24.4 Å². The average Bonchev–Trinajstić information content (AvgIpc) is 2.46. The molecule has 15 heavy (non-hydrogen) atoms. The molecule has 0 unspecified atom stereocenters. The number of hydrogen-bond donors (Lipinski definition) is 1. The van der Waals surface area contributed by atoms with Crippen molar-refractivity contribution in [3.8, 4) is 5.75 Å². The Bertz CT molecular complexity index is 492. The molecule has 5 heteroatoms. The third-order valence-electron chi connectivity index (χ3n) is 2.06. The Morgan fingerprint density at radius 2 is 2.20 bits per heavy atom. The maximum Gasteiger partial charge on any atom is 1.00 e. The molecule has 0 bridgehead atoms. The van der Waals surface area contributed by atoms with Crippen LogP contribution in [0.25, 0.3) is 10.9 Å². The van der Waals surface area contributed by atoms with Crippen LogP contribution < -0.4 is 78.7 Å². The summed E-state index contributed by atoms with van der Waals surface area (Å²) in [6.07, 6.45) is 0.306. The van der Waals surface area contributed by atoms with Crippen molar-refractivity contribution in [2.45, 2.75) is 6.92 Å². The fraction of sp³-hybridized carbons (Fsp3) is 0.100. The maximum atomic E-state index is 10.2. The summed E-state index contributed by atoms with van der Waals surface area (Å²) in [6, 6.07) is 5.02. The minimum Gasteiger partial charge on any atom is -0.514 e. The zero-order valence-electron chi connectivity index (χ0n) is 8.53. The number of aromatic nitrogens is 1. The third kappa shape index (κ3) is 3.02. The number of H-pyrrole nitrogens is 1. The van der Waals surface area contributed by atoms with Crippen LogP contribution in [-0.2, 0) is 0 Å². The van der Waals surface area contributed by atoms with E-state index >= 15 is 0 Å². The van der Waals surface area contributed by atoms with Crippen molar-refractivity contribution in [2.75, 3.05) is 0 Å². The number of ether oxygens (including phenoxy) is 1. The summed E-state index contributed by atoms with van der Waals surface area (Å²) < 4.78 is 4.42. The number of carbonyl (C=O) groups is 1. The first kappa shape index (κ1) is 13.1. The topological polar surface area (TPSA) is 65.2 Å². The zero-order valence-corrected chi connectivity index (χ0v) is 14.8. The van der Waals surface area contributed by atoms with Crippen LogP contribution in [0.5, 0.6) is 5.75 Å². The summed E-state index contributed by atoms with van der Waals surface area (Å²) in [5.41, 5.74) is 1.96. The van der Waals surface area contributed by atoms with Crippen molar-refractivity contribution in [3.05, 3.63) is 30.0 Å². The molecule has 0 atom stereocenters. The molecular formula is C10H8CsNO3. The smallest absolute Gasteiger partial charge is 0.514 e. The first-order valence-corrected chi connectivity index (χ1v) is 4.13. The van der Waals surface area contributed by atoms with E-state index in [1.54, 1.807) is 18.2 Å². The van der Waals surface area contributed by atoms with E-state index in [-0.39, 0.29) is 74.6 Å². The first-order valence-electron chi connectivity index (χ1n) is 4.13. The summed E-state index contributed by atoms with van der Waals surface area (Å²) in [7, 11) is 0. The molecule has 0 fully saturated rings. The monoisotopic (exact) mass is 323 g/mol.